The fourth-order valence-electron chi connectivity index (χ4n) is 3.46. The summed E-state index contributed by atoms with van der Waals surface area (Å²) in [5, 5.41) is 10.3. The number of halogens is 2. The van der Waals surface area contributed by atoms with Gasteiger partial charge >= 0.3 is 0 Å². The van der Waals surface area contributed by atoms with E-state index in [9.17, 15) is 5.11 Å². The molecule has 23 heavy (non-hydrogen) atoms. The van der Waals surface area contributed by atoms with Gasteiger partial charge < -0.3 is 9.84 Å². The first-order valence-corrected chi connectivity index (χ1v) is 10.5. The third kappa shape index (κ3) is 5.17. The second kappa shape index (κ2) is 8.64. The van der Waals surface area contributed by atoms with E-state index in [1.165, 1.54) is 23.0 Å². The SMILES string of the molecule is Oc1c(I)cc(I)cc1CN1CCC(CN2CCOCC2)CC1. The van der Waals surface area contributed by atoms with Crippen molar-refractivity contribution in [3.63, 3.8) is 0 Å². The van der Waals surface area contributed by atoms with Gasteiger partial charge in [0.25, 0.3) is 0 Å². The molecule has 0 saturated carbocycles. The average molecular weight is 542 g/mol. The molecule has 2 fully saturated rings. The lowest BCUT2D eigenvalue weighted by atomic mass is 9.95. The molecule has 4 nitrogen and oxygen atoms in total. The minimum Gasteiger partial charge on any atom is -0.507 e. The molecule has 1 aromatic carbocycles. The number of rotatable bonds is 4. The Labute approximate surface area is 165 Å². The fourth-order valence-corrected chi connectivity index (χ4v) is 5.42. The van der Waals surface area contributed by atoms with Gasteiger partial charge in [-0.1, -0.05) is 0 Å². The number of likely N-dealkylation sites (tertiary alicyclic amines) is 1. The molecule has 2 heterocycles. The zero-order valence-corrected chi connectivity index (χ0v) is 17.6. The van der Waals surface area contributed by atoms with E-state index >= 15 is 0 Å². The lowest BCUT2D eigenvalue weighted by Crippen LogP contribution is -2.42. The van der Waals surface area contributed by atoms with Gasteiger partial charge in [-0.15, -0.1) is 0 Å². The summed E-state index contributed by atoms with van der Waals surface area (Å²) in [7, 11) is 0. The average Bonchev–Trinajstić information content (AvgIpc) is 2.55. The standard InChI is InChI=1S/C17H24I2N2O2/c18-15-9-14(17(22)16(19)10-15)12-20-3-1-13(2-4-20)11-21-5-7-23-8-6-21/h9-10,13,22H,1-8,11-12H2. The Hall–Kier alpha value is 0.360. The van der Waals surface area contributed by atoms with Gasteiger partial charge in [-0.2, -0.15) is 0 Å². The highest BCUT2D eigenvalue weighted by molar-refractivity contribution is 14.1. The first-order valence-electron chi connectivity index (χ1n) is 8.31. The van der Waals surface area contributed by atoms with Crippen molar-refractivity contribution in [2.24, 2.45) is 5.92 Å². The fraction of sp³-hybridized carbons (Fsp3) is 0.647. The Bertz CT molecular complexity index is 528. The minimum atomic E-state index is 0.460. The molecule has 2 aliphatic heterocycles. The monoisotopic (exact) mass is 542 g/mol. The van der Waals surface area contributed by atoms with Crippen LogP contribution < -0.4 is 0 Å². The van der Waals surface area contributed by atoms with Crippen LogP contribution in [0.4, 0.5) is 0 Å². The second-order valence-corrected chi connectivity index (χ2v) is 8.94. The zero-order valence-electron chi connectivity index (χ0n) is 13.3. The normalized spacial score (nSPS) is 21.7. The predicted molar refractivity (Wildman–Crippen MR) is 109 cm³/mol. The number of phenolic OH excluding ortho intramolecular Hbond substituents is 1. The van der Waals surface area contributed by atoms with Crippen LogP contribution in [0.2, 0.25) is 0 Å². The van der Waals surface area contributed by atoms with E-state index in [-0.39, 0.29) is 0 Å². The molecular formula is C17H24I2N2O2. The summed E-state index contributed by atoms with van der Waals surface area (Å²) >= 11 is 4.54. The summed E-state index contributed by atoms with van der Waals surface area (Å²) < 4.78 is 7.57. The molecule has 0 amide bonds. The quantitative estimate of drug-likeness (QED) is 0.594. The van der Waals surface area contributed by atoms with Gasteiger partial charge in [0.05, 0.1) is 16.8 Å². The number of hydrogen-bond acceptors (Lipinski definition) is 4. The highest BCUT2D eigenvalue weighted by atomic mass is 127. The summed E-state index contributed by atoms with van der Waals surface area (Å²) in [5.41, 5.74) is 1.06. The van der Waals surface area contributed by atoms with Crippen LogP contribution >= 0.6 is 45.2 Å². The van der Waals surface area contributed by atoms with Gasteiger partial charge in [0.15, 0.2) is 0 Å². The van der Waals surface area contributed by atoms with Gasteiger partial charge in [0.1, 0.15) is 5.75 Å². The number of ether oxygens (including phenoxy) is 1. The van der Waals surface area contributed by atoms with Crippen molar-refractivity contribution in [2.45, 2.75) is 19.4 Å². The van der Waals surface area contributed by atoms with E-state index in [4.69, 9.17) is 4.74 Å². The van der Waals surface area contributed by atoms with Gasteiger partial charge in [0, 0.05) is 35.3 Å². The van der Waals surface area contributed by atoms with Crippen molar-refractivity contribution in [1.29, 1.82) is 0 Å². The Morgan fingerprint density at radius 3 is 2.43 bits per heavy atom. The molecule has 0 atom stereocenters. The lowest BCUT2D eigenvalue weighted by Gasteiger charge is -2.36. The van der Waals surface area contributed by atoms with Gasteiger partial charge in [-0.05, 0) is 89.2 Å². The summed E-state index contributed by atoms with van der Waals surface area (Å²) in [5.74, 6) is 1.27. The molecule has 0 radical (unpaired) electrons. The molecule has 0 bridgehead atoms. The summed E-state index contributed by atoms with van der Waals surface area (Å²) in [6, 6.07) is 4.13. The lowest BCUT2D eigenvalue weighted by molar-refractivity contribution is 0.0242. The molecule has 1 N–H and O–H groups in total. The number of benzene rings is 1. The summed E-state index contributed by atoms with van der Waals surface area (Å²) in [6.45, 7) is 8.33. The molecule has 0 aromatic heterocycles. The molecule has 128 valence electrons. The van der Waals surface area contributed by atoms with Crippen molar-refractivity contribution in [1.82, 2.24) is 9.80 Å². The second-order valence-electron chi connectivity index (χ2n) is 6.53. The molecule has 1 aromatic rings. The molecule has 0 spiro atoms. The van der Waals surface area contributed by atoms with Crippen LogP contribution in [-0.2, 0) is 11.3 Å². The number of morpholine rings is 1. The molecule has 0 aliphatic carbocycles. The van der Waals surface area contributed by atoms with E-state index in [0.29, 0.717) is 5.75 Å². The van der Waals surface area contributed by atoms with Crippen LogP contribution in [0.25, 0.3) is 0 Å². The van der Waals surface area contributed by atoms with Crippen LogP contribution in [0, 0.1) is 13.1 Å². The maximum atomic E-state index is 10.3. The van der Waals surface area contributed by atoms with Crippen molar-refractivity contribution >= 4 is 45.2 Å². The van der Waals surface area contributed by atoms with Crippen molar-refractivity contribution < 1.29 is 9.84 Å². The maximum absolute atomic E-state index is 10.3. The molecule has 2 saturated heterocycles. The molecule has 6 heteroatoms. The Morgan fingerprint density at radius 2 is 1.74 bits per heavy atom. The number of piperidine rings is 1. The van der Waals surface area contributed by atoms with E-state index in [2.05, 4.69) is 61.0 Å². The number of hydrogen-bond donors (Lipinski definition) is 1. The molecule has 0 unspecified atom stereocenters. The highest BCUT2D eigenvalue weighted by Gasteiger charge is 2.23. The topological polar surface area (TPSA) is 35.9 Å². The largest absolute Gasteiger partial charge is 0.507 e. The predicted octanol–water partition coefficient (Wildman–Crippen LogP) is 3.15. The molecule has 2 aliphatic rings. The maximum Gasteiger partial charge on any atom is 0.133 e. The first-order chi connectivity index (χ1) is 11.1. The minimum absolute atomic E-state index is 0.460. The van der Waals surface area contributed by atoms with Gasteiger partial charge in [-0.25, -0.2) is 0 Å². The number of nitrogens with zero attached hydrogens (tertiary/aromatic N) is 2. The first kappa shape index (κ1) is 18.2. The van der Waals surface area contributed by atoms with Crippen molar-refractivity contribution in [2.75, 3.05) is 45.9 Å². The van der Waals surface area contributed by atoms with E-state index < -0.39 is 0 Å². The number of phenols is 1. The van der Waals surface area contributed by atoms with Crippen molar-refractivity contribution in [3.05, 3.63) is 24.8 Å². The summed E-state index contributed by atoms with van der Waals surface area (Å²) in [4.78, 5) is 5.04. The molecular weight excluding hydrogens is 518 g/mol. The van der Waals surface area contributed by atoms with Crippen LogP contribution in [-0.4, -0.2) is 60.8 Å². The van der Waals surface area contributed by atoms with Crippen molar-refractivity contribution in [3.8, 4) is 5.75 Å². The molecule has 3 rings (SSSR count). The van der Waals surface area contributed by atoms with E-state index in [0.717, 1.165) is 61.0 Å². The van der Waals surface area contributed by atoms with Crippen LogP contribution in [0.3, 0.4) is 0 Å². The van der Waals surface area contributed by atoms with Crippen LogP contribution in [0.1, 0.15) is 18.4 Å². The Morgan fingerprint density at radius 1 is 1.04 bits per heavy atom. The van der Waals surface area contributed by atoms with Gasteiger partial charge in [-0.3, -0.25) is 9.80 Å². The van der Waals surface area contributed by atoms with E-state index in [1.54, 1.807) is 0 Å². The Kier molecular flexibility index (Phi) is 6.82. The summed E-state index contributed by atoms with van der Waals surface area (Å²) in [6.07, 6.45) is 2.53. The van der Waals surface area contributed by atoms with Crippen LogP contribution in [0.5, 0.6) is 5.75 Å². The third-order valence-corrected chi connectivity index (χ3v) is 6.27. The van der Waals surface area contributed by atoms with E-state index in [1.807, 2.05) is 6.07 Å². The third-order valence-electron chi connectivity index (χ3n) is 4.83. The number of aromatic hydroxyl groups is 1. The highest BCUT2D eigenvalue weighted by Crippen LogP contribution is 2.29. The van der Waals surface area contributed by atoms with Crippen LogP contribution in [0.15, 0.2) is 12.1 Å². The van der Waals surface area contributed by atoms with Gasteiger partial charge in [0.2, 0.25) is 0 Å². The Balaban J connectivity index is 1.49. The zero-order chi connectivity index (χ0) is 16.2. The smallest absolute Gasteiger partial charge is 0.133 e.